The number of sulfone groups is 1. The van der Waals surface area contributed by atoms with Crippen molar-refractivity contribution in [3.63, 3.8) is 0 Å². The molecule has 0 aromatic rings. The number of nitrogens with zero attached hydrogens (tertiary/aromatic N) is 1. The second-order valence-corrected chi connectivity index (χ2v) is 8.59. The highest BCUT2D eigenvalue weighted by atomic mass is 32.2. The van der Waals surface area contributed by atoms with Gasteiger partial charge in [0, 0.05) is 5.75 Å². The predicted molar refractivity (Wildman–Crippen MR) is 73.8 cm³/mol. The molecule has 1 fully saturated rings. The van der Waals surface area contributed by atoms with Gasteiger partial charge < -0.3 is 0 Å². The Labute approximate surface area is 111 Å². The van der Waals surface area contributed by atoms with Gasteiger partial charge in [-0.15, -0.1) is 0 Å². The van der Waals surface area contributed by atoms with Gasteiger partial charge in [-0.2, -0.15) is 5.26 Å². The molecule has 0 radical (unpaired) electrons. The zero-order valence-corrected chi connectivity index (χ0v) is 12.8. The summed E-state index contributed by atoms with van der Waals surface area (Å²) < 4.78 is 24.3. The molecular formula is C14H25NO2S. The van der Waals surface area contributed by atoms with Crippen molar-refractivity contribution in [2.24, 2.45) is 17.3 Å². The van der Waals surface area contributed by atoms with Crippen LogP contribution in [0.4, 0.5) is 0 Å². The minimum absolute atomic E-state index is 0.148. The monoisotopic (exact) mass is 271 g/mol. The maximum absolute atomic E-state index is 12.1. The molecule has 0 N–H and O–H groups in total. The molecule has 1 rings (SSSR count). The van der Waals surface area contributed by atoms with Crippen LogP contribution < -0.4 is 0 Å². The van der Waals surface area contributed by atoms with Crippen molar-refractivity contribution >= 4 is 9.84 Å². The van der Waals surface area contributed by atoms with Crippen LogP contribution in [0.1, 0.15) is 53.4 Å². The van der Waals surface area contributed by atoms with Crippen molar-refractivity contribution in [1.82, 2.24) is 0 Å². The van der Waals surface area contributed by atoms with E-state index in [4.69, 9.17) is 5.26 Å². The standard InChI is InChI=1S/C14H25NO2S/c1-5-14(3,4)12-8-7-11(10-15)13(9-12)18(16,17)6-2/h11-13H,5-9H2,1-4H3. The third kappa shape index (κ3) is 3.06. The lowest BCUT2D eigenvalue weighted by atomic mass is 9.67. The predicted octanol–water partition coefficient (Wildman–Crippen LogP) is 3.17. The van der Waals surface area contributed by atoms with Gasteiger partial charge in [0.2, 0.25) is 0 Å². The fourth-order valence-electron chi connectivity index (χ4n) is 2.89. The molecule has 3 atom stereocenters. The van der Waals surface area contributed by atoms with Crippen molar-refractivity contribution < 1.29 is 8.42 Å². The van der Waals surface area contributed by atoms with Gasteiger partial charge in [0.1, 0.15) is 0 Å². The number of rotatable bonds is 4. The van der Waals surface area contributed by atoms with E-state index in [-0.39, 0.29) is 17.1 Å². The summed E-state index contributed by atoms with van der Waals surface area (Å²) in [7, 11) is -3.11. The van der Waals surface area contributed by atoms with Gasteiger partial charge in [-0.25, -0.2) is 8.42 Å². The lowest BCUT2D eigenvalue weighted by Crippen LogP contribution is -2.40. The van der Waals surface area contributed by atoms with Crippen LogP contribution in [0.3, 0.4) is 0 Å². The minimum atomic E-state index is -3.11. The van der Waals surface area contributed by atoms with Crippen molar-refractivity contribution in [2.45, 2.75) is 58.6 Å². The van der Waals surface area contributed by atoms with Crippen molar-refractivity contribution in [3.05, 3.63) is 0 Å². The molecule has 0 aromatic heterocycles. The van der Waals surface area contributed by atoms with Crippen LogP contribution in [0.2, 0.25) is 0 Å². The molecule has 3 nitrogen and oxygen atoms in total. The van der Waals surface area contributed by atoms with Gasteiger partial charge in [-0.3, -0.25) is 0 Å². The zero-order valence-electron chi connectivity index (χ0n) is 11.9. The van der Waals surface area contributed by atoms with Crippen LogP contribution in [0.25, 0.3) is 0 Å². The summed E-state index contributed by atoms with van der Waals surface area (Å²) in [6.45, 7) is 8.25. The Morgan fingerprint density at radius 2 is 1.89 bits per heavy atom. The van der Waals surface area contributed by atoms with Crippen LogP contribution in [0.5, 0.6) is 0 Å². The molecule has 0 saturated heterocycles. The minimum Gasteiger partial charge on any atom is -0.229 e. The first-order valence-electron chi connectivity index (χ1n) is 6.89. The molecule has 0 aliphatic heterocycles. The largest absolute Gasteiger partial charge is 0.229 e. The van der Waals surface area contributed by atoms with Crippen LogP contribution in [0, 0.1) is 28.6 Å². The summed E-state index contributed by atoms with van der Waals surface area (Å²) in [5.41, 5.74) is 0.169. The van der Waals surface area contributed by atoms with Gasteiger partial charge in [0.15, 0.2) is 9.84 Å². The molecule has 3 unspecified atom stereocenters. The Balaban J connectivity index is 2.96. The van der Waals surface area contributed by atoms with E-state index in [2.05, 4.69) is 26.8 Å². The van der Waals surface area contributed by atoms with E-state index in [1.165, 1.54) is 0 Å². The van der Waals surface area contributed by atoms with Crippen molar-refractivity contribution in [2.75, 3.05) is 5.75 Å². The number of nitriles is 1. The first kappa shape index (κ1) is 15.5. The molecule has 0 bridgehead atoms. The zero-order chi connectivity index (χ0) is 14.0. The third-order valence-corrected chi connectivity index (χ3v) is 7.09. The van der Waals surface area contributed by atoms with Crippen LogP contribution in [-0.4, -0.2) is 19.4 Å². The maximum Gasteiger partial charge on any atom is 0.154 e. The Hall–Kier alpha value is -0.560. The maximum atomic E-state index is 12.1. The Morgan fingerprint density at radius 1 is 1.28 bits per heavy atom. The summed E-state index contributed by atoms with van der Waals surface area (Å²) in [4.78, 5) is 0. The average Bonchev–Trinajstić information content (AvgIpc) is 2.37. The number of hydrogen-bond donors (Lipinski definition) is 0. The van der Waals surface area contributed by atoms with Gasteiger partial charge in [-0.1, -0.05) is 34.1 Å². The van der Waals surface area contributed by atoms with Gasteiger partial charge in [0.25, 0.3) is 0 Å². The number of hydrogen-bond acceptors (Lipinski definition) is 3. The second-order valence-electron chi connectivity index (χ2n) is 6.08. The lowest BCUT2D eigenvalue weighted by molar-refractivity contribution is 0.142. The van der Waals surface area contributed by atoms with E-state index in [1.54, 1.807) is 6.92 Å². The molecular weight excluding hydrogens is 246 g/mol. The summed E-state index contributed by atoms with van der Waals surface area (Å²) >= 11 is 0. The molecule has 4 heteroatoms. The molecule has 0 heterocycles. The highest BCUT2D eigenvalue weighted by Gasteiger charge is 2.42. The third-order valence-electron chi connectivity index (χ3n) is 4.84. The fourth-order valence-corrected chi connectivity index (χ4v) is 4.54. The van der Waals surface area contributed by atoms with E-state index in [0.717, 1.165) is 19.3 Å². The molecule has 1 aliphatic carbocycles. The molecule has 0 spiro atoms. The Morgan fingerprint density at radius 3 is 2.33 bits per heavy atom. The summed E-state index contributed by atoms with van der Waals surface area (Å²) in [5, 5.41) is 8.70. The first-order chi connectivity index (χ1) is 8.28. The van der Waals surface area contributed by atoms with Gasteiger partial charge >= 0.3 is 0 Å². The highest BCUT2D eigenvalue weighted by molar-refractivity contribution is 7.92. The fraction of sp³-hybridized carbons (Fsp3) is 0.929. The van der Waals surface area contributed by atoms with E-state index in [9.17, 15) is 8.42 Å². The molecule has 18 heavy (non-hydrogen) atoms. The Kier molecular flexibility index (Phi) is 4.83. The second kappa shape index (κ2) is 5.61. The van der Waals surface area contributed by atoms with Crippen LogP contribution >= 0.6 is 0 Å². The molecule has 104 valence electrons. The van der Waals surface area contributed by atoms with E-state index in [0.29, 0.717) is 12.3 Å². The normalized spacial score (nSPS) is 29.8. The highest BCUT2D eigenvalue weighted by Crippen LogP contribution is 2.44. The van der Waals surface area contributed by atoms with Crippen LogP contribution in [0.15, 0.2) is 0 Å². The topological polar surface area (TPSA) is 57.9 Å². The van der Waals surface area contributed by atoms with Crippen LogP contribution in [-0.2, 0) is 9.84 Å². The van der Waals surface area contributed by atoms with E-state index < -0.39 is 15.1 Å². The summed E-state index contributed by atoms with van der Waals surface area (Å²) in [6.07, 6.45) is 3.42. The van der Waals surface area contributed by atoms with Crippen molar-refractivity contribution in [1.29, 1.82) is 5.26 Å². The first-order valence-corrected chi connectivity index (χ1v) is 8.61. The Bertz CT molecular complexity index is 420. The lowest BCUT2D eigenvalue weighted by Gasteiger charge is -2.40. The average molecular weight is 271 g/mol. The van der Waals surface area contributed by atoms with E-state index >= 15 is 0 Å². The van der Waals surface area contributed by atoms with Crippen molar-refractivity contribution in [3.8, 4) is 6.07 Å². The van der Waals surface area contributed by atoms with Gasteiger partial charge in [0.05, 0.1) is 17.2 Å². The molecule has 1 aliphatic rings. The summed E-state index contributed by atoms with van der Waals surface area (Å²) in [6, 6.07) is 2.21. The molecule has 0 aromatic carbocycles. The smallest absolute Gasteiger partial charge is 0.154 e. The SMILES string of the molecule is CCC(C)(C)C1CCC(C#N)C(S(=O)(=O)CC)C1. The van der Waals surface area contributed by atoms with Gasteiger partial charge in [-0.05, 0) is 30.6 Å². The quantitative estimate of drug-likeness (QED) is 0.789. The molecule has 0 amide bonds. The molecule has 1 saturated carbocycles. The van der Waals surface area contributed by atoms with E-state index in [1.807, 2.05) is 0 Å². The summed E-state index contributed by atoms with van der Waals surface area (Å²) in [5.74, 6) is 0.257.